The Kier molecular flexibility index (Phi) is 7.58. The van der Waals surface area contributed by atoms with Crippen LogP contribution in [0.3, 0.4) is 0 Å². The minimum absolute atomic E-state index is 0. The largest absolute Gasteiger partial charge is 0.490 e. The number of hydrogen-bond donors (Lipinski definition) is 0. The lowest BCUT2D eigenvalue weighted by molar-refractivity contribution is -0.141. The molecule has 148 valence electrons. The fraction of sp³-hybridized carbons (Fsp3) is 0.286. The summed E-state index contributed by atoms with van der Waals surface area (Å²) in [6.45, 7) is 2.42. The van der Waals surface area contributed by atoms with Gasteiger partial charge < -0.3 is 9.47 Å². The van der Waals surface area contributed by atoms with E-state index in [1.807, 2.05) is 49.4 Å². The summed E-state index contributed by atoms with van der Waals surface area (Å²) in [5, 5.41) is 0. The topological polar surface area (TPSA) is 69.9 Å². The van der Waals surface area contributed by atoms with E-state index in [1.54, 1.807) is 16.8 Å². The van der Waals surface area contributed by atoms with E-state index >= 15 is 0 Å². The summed E-state index contributed by atoms with van der Waals surface area (Å²) in [4.78, 5) is 29.2. The Morgan fingerprint density at radius 2 is 1.86 bits per heavy atom. The average Bonchev–Trinajstić information content (AvgIpc) is 3.13. The van der Waals surface area contributed by atoms with Crippen molar-refractivity contribution in [1.29, 1.82) is 0 Å². The summed E-state index contributed by atoms with van der Waals surface area (Å²) in [7, 11) is 1.35. The highest BCUT2D eigenvalue weighted by Gasteiger charge is 2.23. The standard InChI is InChI=1S/C21H22N2O4.ClH/c1-3-27-19-10-7-11-23-17(14-22-21(19)23)18(24)12-16(13-20(25)26-2)15-8-5-4-6-9-15;/h4-11,14,16H,3,12-13H2,1-2H3;1H/t16-;/m0./s1. The van der Waals surface area contributed by atoms with Crippen molar-refractivity contribution >= 4 is 29.8 Å². The lowest BCUT2D eigenvalue weighted by atomic mass is 9.90. The number of nitrogens with zero attached hydrogens (tertiary/aromatic N) is 2. The molecular formula is C21H23ClN2O4. The van der Waals surface area contributed by atoms with Crippen LogP contribution in [0.2, 0.25) is 0 Å². The number of carbonyl (C=O) groups excluding carboxylic acids is 2. The fourth-order valence-corrected chi connectivity index (χ4v) is 3.11. The second kappa shape index (κ2) is 9.90. The van der Waals surface area contributed by atoms with Crippen molar-refractivity contribution in [2.45, 2.75) is 25.7 Å². The van der Waals surface area contributed by atoms with Crippen LogP contribution < -0.4 is 4.74 Å². The Balaban J connectivity index is 0.00000280. The van der Waals surface area contributed by atoms with E-state index in [1.165, 1.54) is 7.11 Å². The molecule has 0 N–H and O–H groups in total. The number of ketones is 1. The van der Waals surface area contributed by atoms with Gasteiger partial charge in [0.1, 0.15) is 5.69 Å². The first-order valence-corrected chi connectivity index (χ1v) is 8.87. The maximum Gasteiger partial charge on any atom is 0.306 e. The normalized spacial score (nSPS) is 11.5. The van der Waals surface area contributed by atoms with Crippen LogP contribution in [-0.4, -0.2) is 34.9 Å². The number of halogens is 1. The van der Waals surface area contributed by atoms with Crippen molar-refractivity contribution in [1.82, 2.24) is 9.38 Å². The van der Waals surface area contributed by atoms with Crippen LogP contribution in [0.5, 0.6) is 5.75 Å². The van der Waals surface area contributed by atoms with Crippen LogP contribution in [0.15, 0.2) is 54.9 Å². The molecule has 3 aromatic rings. The van der Waals surface area contributed by atoms with Gasteiger partial charge in [-0.3, -0.25) is 14.0 Å². The number of benzene rings is 1. The molecular weight excluding hydrogens is 380 g/mol. The van der Waals surface area contributed by atoms with E-state index < -0.39 is 0 Å². The Morgan fingerprint density at radius 3 is 2.54 bits per heavy atom. The number of imidazole rings is 1. The molecule has 0 radical (unpaired) electrons. The smallest absolute Gasteiger partial charge is 0.306 e. The predicted molar refractivity (Wildman–Crippen MR) is 108 cm³/mol. The van der Waals surface area contributed by atoms with Gasteiger partial charge >= 0.3 is 5.97 Å². The fourth-order valence-electron chi connectivity index (χ4n) is 3.11. The Labute approximate surface area is 169 Å². The van der Waals surface area contributed by atoms with Gasteiger partial charge in [-0.1, -0.05) is 30.3 Å². The molecule has 0 fully saturated rings. The highest BCUT2D eigenvalue weighted by molar-refractivity contribution is 5.96. The first-order chi connectivity index (χ1) is 13.1. The van der Waals surface area contributed by atoms with Gasteiger partial charge in [-0.2, -0.15) is 0 Å². The molecule has 0 bridgehead atoms. The van der Waals surface area contributed by atoms with Crippen LogP contribution in [-0.2, 0) is 9.53 Å². The van der Waals surface area contributed by atoms with E-state index in [2.05, 4.69) is 4.98 Å². The van der Waals surface area contributed by atoms with Gasteiger partial charge in [-0.25, -0.2) is 4.98 Å². The minimum Gasteiger partial charge on any atom is -0.490 e. The minimum atomic E-state index is -0.339. The van der Waals surface area contributed by atoms with Gasteiger partial charge in [-0.15, -0.1) is 12.4 Å². The highest BCUT2D eigenvalue weighted by atomic mass is 35.5. The number of ether oxygens (including phenoxy) is 2. The van der Waals surface area contributed by atoms with E-state index in [4.69, 9.17) is 9.47 Å². The zero-order valence-corrected chi connectivity index (χ0v) is 16.6. The maximum atomic E-state index is 13.0. The molecule has 2 heterocycles. The van der Waals surface area contributed by atoms with Crippen LogP contribution in [0.4, 0.5) is 0 Å². The quantitative estimate of drug-likeness (QED) is 0.419. The van der Waals surface area contributed by atoms with Crippen molar-refractivity contribution in [2.75, 3.05) is 13.7 Å². The number of hydrogen-bond acceptors (Lipinski definition) is 5. The van der Waals surface area contributed by atoms with Gasteiger partial charge in [0.15, 0.2) is 17.2 Å². The molecule has 0 saturated carbocycles. The molecule has 0 amide bonds. The molecule has 7 heteroatoms. The third kappa shape index (κ3) is 4.70. The van der Waals surface area contributed by atoms with Crippen molar-refractivity contribution in [2.24, 2.45) is 0 Å². The maximum absolute atomic E-state index is 13.0. The molecule has 0 spiro atoms. The van der Waals surface area contributed by atoms with Crippen molar-refractivity contribution in [3.8, 4) is 5.75 Å². The third-order valence-corrected chi connectivity index (χ3v) is 4.43. The lowest BCUT2D eigenvalue weighted by Crippen LogP contribution is -2.14. The predicted octanol–water partition coefficient (Wildman–Crippen LogP) is 4.07. The molecule has 1 atom stereocenters. The summed E-state index contributed by atoms with van der Waals surface area (Å²) >= 11 is 0. The number of fused-ring (bicyclic) bond motifs is 1. The highest BCUT2D eigenvalue weighted by Crippen LogP contribution is 2.27. The zero-order valence-electron chi connectivity index (χ0n) is 15.8. The van der Waals surface area contributed by atoms with Gasteiger partial charge in [0, 0.05) is 18.5 Å². The van der Waals surface area contributed by atoms with Gasteiger partial charge in [-0.05, 0) is 24.6 Å². The van der Waals surface area contributed by atoms with E-state index in [0.29, 0.717) is 23.7 Å². The third-order valence-electron chi connectivity index (χ3n) is 4.43. The molecule has 0 saturated heterocycles. The number of rotatable bonds is 8. The number of methoxy groups -OCH3 is 1. The number of pyridine rings is 1. The zero-order chi connectivity index (χ0) is 19.2. The summed E-state index contributed by atoms with van der Waals surface area (Å²) in [5.41, 5.74) is 2.00. The molecule has 0 aliphatic carbocycles. The monoisotopic (exact) mass is 402 g/mol. The first kappa shape index (κ1) is 21.4. The molecule has 0 aliphatic heterocycles. The molecule has 3 rings (SSSR count). The Hall–Kier alpha value is -2.86. The lowest BCUT2D eigenvalue weighted by Gasteiger charge is -2.15. The summed E-state index contributed by atoms with van der Waals surface area (Å²) in [5.74, 6) is -0.0534. The van der Waals surface area contributed by atoms with Crippen LogP contribution >= 0.6 is 12.4 Å². The van der Waals surface area contributed by atoms with Gasteiger partial charge in [0.05, 0.1) is 26.3 Å². The molecule has 1 aromatic carbocycles. The average molecular weight is 403 g/mol. The molecule has 2 aromatic heterocycles. The second-order valence-corrected chi connectivity index (χ2v) is 6.16. The Bertz CT molecular complexity index is 940. The summed E-state index contributed by atoms with van der Waals surface area (Å²) in [6.07, 6.45) is 3.68. The van der Waals surface area contributed by atoms with E-state index in [-0.39, 0.29) is 42.9 Å². The molecule has 0 aliphatic rings. The number of esters is 1. The number of Topliss-reactive ketones (excluding diaryl/α,β-unsaturated/α-hetero) is 1. The van der Waals surface area contributed by atoms with Crippen LogP contribution in [0.25, 0.3) is 5.65 Å². The van der Waals surface area contributed by atoms with Gasteiger partial charge in [0.2, 0.25) is 0 Å². The Morgan fingerprint density at radius 1 is 1.11 bits per heavy atom. The number of carbonyl (C=O) groups is 2. The van der Waals surface area contributed by atoms with E-state index in [9.17, 15) is 9.59 Å². The van der Waals surface area contributed by atoms with Crippen molar-refractivity contribution in [3.63, 3.8) is 0 Å². The molecule has 0 unspecified atom stereocenters. The van der Waals surface area contributed by atoms with E-state index in [0.717, 1.165) is 5.56 Å². The summed E-state index contributed by atoms with van der Waals surface area (Å²) < 4.78 is 12.1. The van der Waals surface area contributed by atoms with Crippen LogP contribution in [0, 0.1) is 0 Å². The van der Waals surface area contributed by atoms with Crippen molar-refractivity contribution < 1.29 is 19.1 Å². The molecule has 6 nitrogen and oxygen atoms in total. The summed E-state index contributed by atoms with van der Waals surface area (Å²) in [6, 6.07) is 13.2. The second-order valence-electron chi connectivity index (χ2n) is 6.16. The first-order valence-electron chi connectivity index (χ1n) is 8.87. The number of aromatic nitrogens is 2. The van der Waals surface area contributed by atoms with Crippen molar-refractivity contribution in [3.05, 3.63) is 66.1 Å². The SMILES string of the molecule is CCOc1cccn2c(C(=O)C[C@@H](CC(=O)OC)c3ccccc3)cnc12.Cl. The van der Waals surface area contributed by atoms with Crippen LogP contribution in [0.1, 0.15) is 41.7 Å². The molecule has 28 heavy (non-hydrogen) atoms. The van der Waals surface area contributed by atoms with Gasteiger partial charge in [0.25, 0.3) is 0 Å².